The molecule has 4 N–H and O–H groups in total. The molecule has 4 aromatic rings. The SMILES string of the molecule is Nc1cc(C(=O)n2cc3ccccc3c2)nc(Nc2ccccc2O)n1. The van der Waals surface area contributed by atoms with E-state index in [1.165, 1.54) is 16.7 Å². The van der Waals surface area contributed by atoms with Crippen LogP contribution in [0.25, 0.3) is 10.8 Å². The fraction of sp³-hybridized carbons (Fsp3) is 0. The summed E-state index contributed by atoms with van der Waals surface area (Å²) in [6.07, 6.45) is 3.48. The lowest BCUT2D eigenvalue weighted by molar-refractivity contribution is 0.0955. The Labute approximate surface area is 148 Å². The molecule has 0 saturated carbocycles. The highest BCUT2D eigenvalue weighted by Gasteiger charge is 2.14. The topological polar surface area (TPSA) is 106 Å². The van der Waals surface area contributed by atoms with Gasteiger partial charge < -0.3 is 16.2 Å². The van der Waals surface area contributed by atoms with Crippen molar-refractivity contribution < 1.29 is 9.90 Å². The minimum atomic E-state index is -0.323. The molecule has 7 nitrogen and oxygen atoms in total. The molecule has 0 aliphatic rings. The quantitative estimate of drug-likeness (QED) is 0.493. The zero-order valence-corrected chi connectivity index (χ0v) is 13.6. The largest absolute Gasteiger partial charge is 0.506 e. The number of carbonyl (C=O) groups is 1. The number of rotatable bonds is 3. The first-order valence-corrected chi connectivity index (χ1v) is 7.91. The van der Waals surface area contributed by atoms with Gasteiger partial charge in [-0.2, -0.15) is 4.98 Å². The van der Waals surface area contributed by atoms with E-state index >= 15 is 0 Å². The van der Waals surface area contributed by atoms with Gasteiger partial charge >= 0.3 is 0 Å². The first kappa shape index (κ1) is 15.6. The summed E-state index contributed by atoms with van der Waals surface area (Å²) < 4.78 is 1.47. The Morgan fingerprint density at radius 2 is 1.65 bits per heavy atom. The number of phenolic OH excluding ortho intramolecular Hbond substituents is 1. The van der Waals surface area contributed by atoms with Crippen molar-refractivity contribution in [2.24, 2.45) is 0 Å². The third-order valence-electron chi connectivity index (χ3n) is 3.90. The summed E-state index contributed by atoms with van der Waals surface area (Å²) in [7, 11) is 0. The maximum absolute atomic E-state index is 12.8. The second kappa shape index (κ2) is 6.21. The number of nitrogens with one attached hydrogen (secondary N) is 1. The van der Waals surface area contributed by atoms with E-state index < -0.39 is 0 Å². The predicted molar refractivity (Wildman–Crippen MR) is 99.5 cm³/mol. The number of benzene rings is 2. The van der Waals surface area contributed by atoms with Crippen LogP contribution in [0.15, 0.2) is 67.0 Å². The average Bonchev–Trinajstić information content (AvgIpc) is 3.07. The molecule has 2 aromatic heterocycles. The Bertz CT molecular complexity index is 1090. The molecule has 2 aromatic carbocycles. The van der Waals surface area contributed by atoms with Crippen LogP contribution >= 0.6 is 0 Å². The zero-order valence-electron chi connectivity index (χ0n) is 13.6. The number of hydrogen-bond donors (Lipinski definition) is 3. The van der Waals surface area contributed by atoms with Crippen LogP contribution in [0, 0.1) is 0 Å². The zero-order chi connectivity index (χ0) is 18.1. The van der Waals surface area contributed by atoms with Crippen molar-refractivity contribution in [3.05, 3.63) is 72.7 Å². The molecule has 128 valence electrons. The molecule has 0 amide bonds. The Morgan fingerprint density at radius 3 is 2.35 bits per heavy atom. The van der Waals surface area contributed by atoms with Gasteiger partial charge in [-0.05, 0) is 22.9 Å². The van der Waals surface area contributed by atoms with Crippen molar-refractivity contribution in [3.8, 4) is 5.75 Å². The van der Waals surface area contributed by atoms with E-state index in [0.717, 1.165) is 10.8 Å². The molecule has 4 rings (SSSR count). The normalized spacial score (nSPS) is 10.8. The summed E-state index contributed by atoms with van der Waals surface area (Å²) in [6, 6.07) is 15.8. The monoisotopic (exact) mass is 345 g/mol. The van der Waals surface area contributed by atoms with Crippen molar-refractivity contribution in [2.45, 2.75) is 0 Å². The number of nitrogens with two attached hydrogens (primary N) is 1. The lowest BCUT2D eigenvalue weighted by Crippen LogP contribution is -2.14. The van der Waals surface area contributed by atoms with Gasteiger partial charge in [0.15, 0.2) is 0 Å². The molecule has 0 saturated heterocycles. The fourth-order valence-corrected chi connectivity index (χ4v) is 2.66. The van der Waals surface area contributed by atoms with E-state index in [-0.39, 0.29) is 29.1 Å². The first-order valence-electron chi connectivity index (χ1n) is 7.91. The molecule has 0 spiro atoms. The Kier molecular flexibility index (Phi) is 3.74. The molecule has 7 heteroatoms. The number of para-hydroxylation sites is 2. The van der Waals surface area contributed by atoms with Crippen LogP contribution in [0.5, 0.6) is 5.75 Å². The number of nitrogens with zero attached hydrogens (tertiary/aromatic N) is 3. The van der Waals surface area contributed by atoms with Crippen molar-refractivity contribution in [1.29, 1.82) is 0 Å². The van der Waals surface area contributed by atoms with Gasteiger partial charge in [-0.3, -0.25) is 9.36 Å². The molecule has 0 radical (unpaired) electrons. The van der Waals surface area contributed by atoms with Gasteiger partial charge in [-0.1, -0.05) is 36.4 Å². The highest BCUT2D eigenvalue weighted by Crippen LogP contribution is 2.25. The maximum Gasteiger partial charge on any atom is 0.280 e. The molecule has 26 heavy (non-hydrogen) atoms. The Balaban J connectivity index is 1.69. The second-order valence-electron chi connectivity index (χ2n) is 5.74. The summed E-state index contributed by atoms with van der Waals surface area (Å²) in [5.74, 6) is 0.00300. The minimum absolute atomic E-state index is 0.0445. The van der Waals surface area contributed by atoms with Gasteiger partial charge in [0, 0.05) is 18.5 Å². The smallest absolute Gasteiger partial charge is 0.280 e. The van der Waals surface area contributed by atoms with E-state index in [1.807, 2.05) is 24.3 Å². The van der Waals surface area contributed by atoms with E-state index in [4.69, 9.17) is 5.73 Å². The van der Waals surface area contributed by atoms with Crippen LogP contribution in [0.2, 0.25) is 0 Å². The molecule has 0 atom stereocenters. The first-order chi connectivity index (χ1) is 12.6. The van der Waals surface area contributed by atoms with Crippen molar-refractivity contribution in [1.82, 2.24) is 14.5 Å². The summed E-state index contributed by atoms with van der Waals surface area (Å²) in [6.45, 7) is 0. The molecular formula is C19H15N5O2. The number of fused-ring (bicyclic) bond motifs is 1. The van der Waals surface area contributed by atoms with Crippen molar-refractivity contribution in [3.63, 3.8) is 0 Å². The van der Waals surface area contributed by atoms with Gasteiger partial charge in [0.05, 0.1) is 5.69 Å². The molecule has 0 aliphatic heterocycles. The number of aromatic nitrogens is 3. The Hall–Kier alpha value is -3.87. The van der Waals surface area contributed by atoms with Crippen LogP contribution in [0.4, 0.5) is 17.5 Å². The fourth-order valence-electron chi connectivity index (χ4n) is 2.66. The van der Waals surface area contributed by atoms with Crippen molar-refractivity contribution in [2.75, 3.05) is 11.1 Å². The van der Waals surface area contributed by atoms with E-state index in [1.54, 1.807) is 30.6 Å². The second-order valence-corrected chi connectivity index (χ2v) is 5.74. The summed E-state index contributed by atoms with van der Waals surface area (Å²) in [5, 5.41) is 14.6. The third kappa shape index (κ3) is 2.93. The lowest BCUT2D eigenvalue weighted by atomic mass is 10.2. The summed E-state index contributed by atoms with van der Waals surface area (Å²) in [5.41, 5.74) is 6.40. The minimum Gasteiger partial charge on any atom is -0.506 e. The standard InChI is InChI=1S/C19H15N5O2/c20-17-9-15(18(26)24-10-12-5-1-2-6-13(12)11-24)22-19(23-17)21-14-7-3-4-8-16(14)25/h1-11,25H,(H3,20,21,22,23). The van der Waals surface area contributed by atoms with Crippen LogP contribution in [0.1, 0.15) is 10.5 Å². The van der Waals surface area contributed by atoms with Crippen LogP contribution < -0.4 is 11.1 Å². The van der Waals surface area contributed by atoms with E-state index in [0.29, 0.717) is 5.69 Å². The predicted octanol–water partition coefficient (Wildman–Crippen LogP) is 3.15. The number of carbonyl (C=O) groups excluding carboxylic acids is 1. The van der Waals surface area contributed by atoms with Crippen molar-refractivity contribution >= 4 is 34.1 Å². The summed E-state index contributed by atoms with van der Waals surface area (Å²) in [4.78, 5) is 21.1. The van der Waals surface area contributed by atoms with Gasteiger partial charge in [-0.15, -0.1) is 0 Å². The molecule has 2 heterocycles. The van der Waals surface area contributed by atoms with Crippen LogP contribution in [-0.2, 0) is 0 Å². The maximum atomic E-state index is 12.8. The van der Waals surface area contributed by atoms with Gasteiger partial charge in [-0.25, -0.2) is 4.98 Å². The van der Waals surface area contributed by atoms with Gasteiger partial charge in [0.2, 0.25) is 5.95 Å². The highest BCUT2D eigenvalue weighted by atomic mass is 16.3. The van der Waals surface area contributed by atoms with Crippen LogP contribution in [-0.4, -0.2) is 25.5 Å². The molecular weight excluding hydrogens is 330 g/mol. The van der Waals surface area contributed by atoms with Crippen LogP contribution in [0.3, 0.4) is 0 Å². The van der Waals surface area contributed by atoms with Gasteiger partial charge in [0.25, 0.3) is 5.91 Å². The van der Waals surface area contributed by atoms with E-state index in [9.17, 15) is 9.90 Å². The number of nitrogen functional groups attached to an aromatic ring is 1. The van der Waals surface area contributed by atoms with E-state index in [2.05, 4.69) is 15.3 Å². The average molecular weight is 345 g/mol. The molecule has 0 aliphatic carbocycles. The van der Waals surface area contributed by atoms with Gasteiger partial charge in [0.1, 0.15) is 17.3 Å². The molecule has 0 fully saturated rings. The highest BCUT2D eigenvalue weighted by molar-refractivity contribution is 5.98. The molecule has 0 unspecified atom stereocenters. The number of phenols is 1. The Morgan fingerprint density at radius 1 is 1.00 bits per heavy atom. The lowest BCUT2D eigenvalue weighted by Gasteiger charge is -2.09. The number of anilines is 3. The number of hydrogen-bond acceptors (Lipinski definition) is 6. The number of aromatic hydroxyl groups is 1. The molecule has 0 bridgehead atoms. The third-order valence-corrected chi connectivity index (χ3v) is 3.90. The summed E-state index contributed by atoms with van der Waals surface area (Å²) >= 11 is 0.